The first-order valence-electron chi connectivity index (χ1n) is 26.7. The minimum atomic E-state index is -1.13. The van der Waals surface area contributed by atoms with Crippen LogP contribution in [0.1, 0.15) is 239 Å². The molecule has 0 spiro atoms. The van der Waals surface area contributed by atoms with Crippen molar-refractivity contribution < 1.29 is 38.2 Å². The number of quaternary nitrogens is 1. The molecule has 0 fully saturated rings. The number of esters is 2. The number of rotatable bonds is 48. The Morgan fingerprint density at radius 2 is 0.828 bits per heavy atom. The molecule has 0 aliphatic carbocycles. The summed E-state index contributed by atoms with van der Waals surface area (Å²) in [5.74, 6) is -1.75. The van der Waals surface area contributed by atoms with Crippen LogP contribution in [0, 0.1) is 0 Å². The summed E-state index contributed by atoms with van der Waals surface area (Å²) in [7, 11) is 5.41. The second-order valence-electron chi connectivity index (χ2n) is 19.1. The molecular formula is C56H101NO7. The third kappa shape index (κ3) is 44.5. The maximum Gasteiger partial charge on any atom is 0.306 e. The smallest absolute Gasteiger partial charge is 0.306 e. The molecule has 2 atom stereocenters. The molecule has 0 radical (unpaired) electrons. The molecular weight excluding hydrogens is 799 g/mol. The summed E-state index contributed by atoms with van der Waals surface area (Å²) in [6.07, 6.45) is 57.1. The van der Waals surface area contributed by atoms with Gasteiger partial charge in [0.2, 0.25) is 0 Å². The van der Waals surface area contributed by atoms with Gasteiger partial charge in [0, 0.05) is 19.3 Å². The molecule has 0 N–H and O–H groups in total. The first-order valence-corrected chi connectivity index (χ1v) is 26.7. The number of carboxylic acids is 1. The van der Waals surface area contributed by atoms with E-state index >= 15 is 0 Å². The Hall–Kier alpha value is -2.71. The molecule has 0 aliphatic rings. The second-order valence-corrected chi connectivity index (χ2v) is 19.1. The standard InChI is InChI=1S/C56H101NO7/c1-6-8-10-12-14-16-18-20-22-24-26-27-29-30-32-34-36-38-40-42-44-46-54(58)63-51-52(50-62-49-48-53(56(60)61)57(3,4)5)64-55(59)47-45-43-41-39-37-35-33-31-28-25-23-21-19-17-15-13-11-9-7-2/h15,17,21,23-24,26,28,31,52-53H,6-14,16,18-20,22,25,27,29-30,32-51H2,1-5H3/b17-15-,23-21-,26-24-,31-28-. The van der Waals surface area contributed by atoms with Gasteiger partial charge < -0.3 is 28.6 Å². The molecule has 8 nitrogen and oxygen atoms in total. The molecule has 0 aromatic rings. The van der Waals surface area contributed by atoms with E-state index in [9.17, 15) is 19.5 Å². The first kappa shape index (κ1) is 61.3. The highest BCUT2D eigenvalue weighted by Crippen LogP contribution is 2.15. The number of likely N-dealkylation sites (N-methyl/N-ethyl adjacent to an activating group) is 1. The maximum atomic E-state index is 12.8. The van der Waals surface area contributed by atoms with Crippen LogP contribution < -0.4 is 5.11 Å². The van der Waals surface area contributed by atoms with Gasteiger partial charge >= 0.3 is 11.9 Å². The highest BCUT2D eigenvalue weighted by atomic mass is 16.6. The normalized spacial score (nSPS) is 13.2. The molecule has 0 bridgehead atoms. The van der Waals surface area contributed by atoms with Crippen molar-refractivity contribution in [1.29, 1.82) is 0 Å². The van der Waals surface area contributed by atoms with E-state index in [1.165, 1.54) is 141 Å². The lowest BCUT2D eigenvalue weighted by Crippen LogP contribution is -2.55. The van der Waals surface area contributed by atoms with Crippen molar-refractivity contribution in [3.63, 3.8) is 0 Å². The van der Waals surface area contributed by atoms with E-state index in [-0.39, 0.29) is 42.7 Å². The molecule has 0 aliphatic heterocycles. The summed E-state index contributed by atoms with van der Waals surface area (Å²) in [6.45, 7) is 4.64. The van der Waals surface area contributed by atoms with Gasteiger partial charge in [-0.25, -0.2) is 0 Å². The fourth-order valence-corrected chi connectivity index (χ4v) is 7.78. The number of nitrogens with zero attached hydrogens (tertiary/aromatic N) is 1. The van der Waals surface area contributed by atoms with Crippen LogP contribution in [0.4, 0.5) is 0 Å². The number of carbonyl (C=O) groups is 3. The number of aliphatic carboxylic acids is 1. The minimum absolute atomic E-state index is 0.0350. The van der Waals surface area contributed by atoms with Gasteiger partial charge in [0.15, 0.2) is 6.10 Å². The Kier molecular flexibility index (Phi) is 44.8. The first-order chi connectivity index (χ1) is 31.1. The second kappa shape index (κ2) is 46.8. The van der Waals surface area contributed by atoms with Crippen molar-refractivity contribution in [3.05, 3.63) is 48.6 Å². The van der Waals surface area contributed by atoms with Crippen LogP contribution in [-0.4, -0.2) is 75.5 Å². The molecule has 0 rings (SSSR count). The Morgan fingerprint density at radius 1 is 0.469 bits per heavy atom. The van der Waals surface area contributed by atoms with Crippen LogP contribution in [0.5, 0.6) is 0 Å². The van der Waals surface area contributed by atoms with E-state index in [1.807, 2.05) is 0 Å². The average molecular weight is 900 g/mol. The maximum absolute atomic E-state index is 12.8. The number of hydrogen-bond acceptors (Lipinski definition) is 7. The number of carbonyl (C=O) groups excluding carboxylic acids is 3. The van der Waals surface area contributed by atoms with Crippen molar-refractivity contribution in [3.8, 4) is 0 Å². The minimum Gasteiger partial charge on any atom is -0.544 e. The summed E-state index contributed by atoms with van der Waals surface area (Å²) in [4.78, 5) is 37.1. The largest absolute Gasteiger partial charge is 0.544 e. The van der Waals surface area contributed by atoms with Crippen LogP contribution in [0.2, 0.25) is 0 Å². The highest BCUT2D eigenvalue weighted by molar-refractivity contribution is 5.70. The van der Waals surface area contributed by atoms with Crippen LogP contribution in [0.25, 0.3) is 0 Å². The lowest BCUT2D eigenvalue weighted by Gasteiger charge is -2.34. The summed E-state index contributed by atoms with van der Waals surface area (Å²) in [6, 6.07) is -0.730. The zero-order chi connectivity index (χ0) is 47.0. The van der Waals surface area contributed by atoms with E-state index in [1.54, 1.807) is 21.1 Å². The van der Waals surface area contributed by atoms with E-state index in [2.05, 4.69) is 62.5 Å². The van der Waals surface area contributed by atoms with E-state index in [0.717, 1.165) is 64.2 Å². The molecule has 0 amide bonds. The van der Waals surface area contributed by atoms with Crippen molar-refractivity contribution in [1.82, 2.24) is 0 Å². The lowest BCUT2D eigenvalue weighted by molar-refractivity contribution is -0.889. The molecule has 0 saturated carbocycles. The molecule has 64 heavy (non-hydrogen) atoms. The zero-order valence-electron chi connectivity index (χ0n) is 42.4. The highest BCUT2D eigenvalue weighted by Gasteiger charge is 2.25. The van der Waals surface area contributed by atoms with Gasteiger partial charge in [-0.3, -0.25) is 9.59 Å². The molecule has 0 heterocycles. The lowest BCUT2D eigenvalue weighted by atomic mass is 10.1. The van der Waals surface area contributed by atoms with Gasteiger partial charge in [0.1, 0.15) is 12.6 Å². The van der Waals surface area contributed by atoms with Crippen LogP contribution in [0.15, 0.2) is 48.6 Å². The Morgan fingerprint density at radius 3 is 1.27 bits per heavy atom. The summed E-state index contributed by atoms with van der Waals surface area (Å²) in [5, 5.41) is 11.7. The van der Waals surface area contributed by atoms with Crippen molar-refractivity contribution in [2.75, 3.05) is 41.0 Å². The summed E-state index contributed by atoms with van der Waals surface area (Å²) >= 11 is 0. The van der Waals surface area contributed by atoms with Crippen molar-refractivity contribution >= 4 is 17.9 Å². The number of hydrogen-bond donors (Lipinski definition) is 0. The van der Waals surface area contributed by atoms with Gasteiger partial charge in [-0.2, -0.15) is 0 Å². The molecule has 0 aromatic heterocycles. The fraction of sp³-hybridized carbons (Fsp3) is 0.804. The van der Waals surface area contributed by atoms with Gasteiger partial charge in [-0.1, -0.05) is 191 Å². The number of carboxylic acid groups (broad SMARTS) is 1. The van der Waals surface area contributed by atoms with Crippen LogP contribution in [0.3, 0.4) is 0 Å². The van der Waals surface area contributed by atoms with Crippen LogP contribution >= 0.6 is 0 Å². The zero-order valence-corrected chi connectivity index (χ0v) is 42.4. The number of unbranched alkanes of at least 4 members (excludes halogenated alkanes) is 26. The van der Waals surface area contributed by atoms with Gasteiger partial charge in [-0.15, -0.1) is 0 Å². The quantitative estimate of drug-likeness (QED) is 0.0259. The summed E-state index contributed by atoms with van der Waals surface area (Å²) < 4.78 is 17.3. The predicted molar refractivity (Wildman–Crippen MR) is 268 cm³/mol. The predicted octanol–water partition coefficient (Wildman–Crippen LogP) is 14.2. The van der Waals surface area contributed by atoms with Crippen molar-refractivity contribution in [2.45, 2.75) is 251 Å². The third-order valence-electron chi connectivity index (χ3n) is 11.9. The van der Waals surface area contributed by atoms with Crippen LogP contribution in [-0.2, 0) is 28.6 Å². The Balaban J connectivity index is 4.24. The van der Waals surface area contributed by atoms with Gasteiger partial charge in [0.25, 0.3) is 0 Å². The Bertz CT molecular complexity index is 1190. The Labute approximate surface area is 395 Å². The van der Waals surface area contributed by atoms with E-state index < -0.39 is 18.1 Å². The van der Waals surface area contributed by atoms with Gasteiger partial charge in [-0.05, 0) is 77.0 Å². The summed E-state index contributed by atoms with van der Waals surface area (Å²) in [5.41, 5.74) is 0. The number of ether oxygens (including phenoxy) is 3. The molecule has 0 saturated heterocycles. The molecule has 2 unspecified atom stereocenters. The van der Waals surface area contributed by atoms with E-state index in [4.69, 9.17) is 14.2 Å². The fourth-order valence-electron chi connectivity index (χ4n) is 7.78. The van der Waals surface area contributed by atoms with Crippen molar-refractivity contribution in [2.24, 2.45) is 0 Å². The molecule has 8 heteroatoms. The molecule has 0 aromatic carbocycles. The third-order valence-corrected chi connectivity index (χ3v) is 11.9. The number of allylic oxidation sites excluding steroid dienone is 8. The SMILES string of the molecule is CCCCC/C=C\C/C=C\C/C=C\CCCCCCCCC(=O)OC(COCCC(C(=O)[O-])[N+](C)(C)C)COC(=O)CCCCCCCCCCC/C=C\CCCCCCCCCC. The monoisotopic (exact) mass is 900 g/mol. The topological polar surface area (TPSA) is 102 Å². The molecule has 372 valence electrons. The van der Waals surface area contributed by atoms with Gasteiger partial charge in [0.05, 0.1) is 40.3 Å². The average Bonchev–Trinajstić information content (AvgIpc) is 3.26. The van der Waals surface area contributed by atoms with E-state index in [0.29, 0.717) is 12.8 Å².